The molecule has 4 rings (SSSR count). The van der Waals surface area contributed by atoms with Gasteiger partial charge in [-0.15, -0.1) is 0 Å². The molecule has 2 heterocycles. The highest BCUT2D eigenvalue weighted by Gasteiger charge is 2.48. The maximum absolute atomic E-state index is 13.9. The number of amides is 2. The van der Waals surface area contributed by atoms with Crippen LogP contribution in [0, 0.1) is 28.9 Å². The molecule has 2 amide bonds. The second kappa shape index (κ2) is 9.19. The summed E-state index contributed by atoms with van der Waals surface area (Å²) in [6, 6.07) is 5.65. The third-order valence-corrected chi connectivity index (χ3v) is 6.68. The van der Waals surface area contributed by atoms with E-state index in [-0.39, 0.29) is 59.8 Å². The van der Waals surface area contributed by atoms with Crippen molar-refractivity contribution >= 4 is 23.8 Å². The molecule has 2 aliphatic rings. The standard InChI is InChI=1S/C21H19F2N5O4S/c22-15-3-1-2-11(16(15)23)10-33-20-25-17(14(9-24)18(29)26-20)12-8-13(12)19(30)27-4-6-28(7-5-27)21(31)32/h1-3,12-13H,4-8,10H2,(H,31,32)(H,25,26,29)/t12-,13-/m1/s1. The van der Waals surface area contributed by atoms with Gasteiger partial charge in [-0.05, 0) is 12.5 Å². The number of hydrogen-bond donors (Lipinski definition) is 2. The van der Waals surface area contributed by atoms with Gasteiger partial charge >= 0.3 is 6.09 Å². The molecule has 1 aliphatic carbocycles. The Labute approximate surface area is 191 Å². The lowest BCUT2D eigenvalue weighted by molar-refractivity contribution is -0.134. The van der Waals surface area contributed by atoms with Gasteiger partial charge in [0.05, 0.1) is 5.69 Å². The molecule has 2 atom stereocenters. The number of benzene rings is 1. The highest BCUT2D eigenvalue weighted by atomic mass is 32.2. The lowest BCUT2D eigenvalue weighted by Crippen LogP contribution is -2.50. The number of halogens is 2. The predicted molar refractivity (Wildman–Crippen MR) is 113 cm³/mol. The van der Waals surface area contributed by atoms with Gasteiger partial charge in [-0.3, -0.25) is 9.59 Å². The molecule has 9 nitrogen and oxygen atoms in total. The largest absolute Gasteiger partial charge is 0.465 e. The van der Waals surface area contributed by atoms with Crippen molar-refractivity contribution in [2.75, 3.05) is 26.2 Å². The van der Waals surface area contributed by atoms with Crippen LogP contribution in [-0.4, -0.2) is 63.1 Å². The van der Waals surface area contributed by atoms with Crippen molar-refractivity contribution in [3.05, 3.63) is 57.0 Å². The summed E-state index contributed by atoms with van der Waals surface area (Å²) in [5.74, 6) is -2.94. The molecule has 1 saturated carbocycles. The van der Waals surface area contributed by atoms with Gasteiger partial charge in [0, 0.05) is 49.3 Å². The van der Waals surface area contributed by atoms with Gasteiger partial charge in [-0.25, -0.2) is 18.6 Å². The topological polar surface area (TPSA) is 130 Å². The Bertz CT molecular complexity index is 1210. The highest BCUT2D eigenvalue weighted by molar-refractivity contribution is 7.98. The van der Waals surface area contributed by atoms with Crippen LogP contribution in [0.1, 0.15) is 29.2 Å². The van der Waals surface area contributed by atoms with Crippen molar-refractivity contribution < 1.29 is 23.5 Å². The van der Waals surface area contributed by atoms with E-state index in [1.165, 1.54) is 17.0 Å². The molecule has 33 heavy (non-hydrogen) atoms. The summed E-state index contributed by atoms with van der Waals surface area (Å²) < 4.78 is 27.3. The number of carboxylic acid groups (broad SMARTS) is 1. The number of aromatic nitrogens is 2. The molecule has 2 aromatic rings. The molecule has 0 unspecified atom stereocenters. The van der Waals surface area contributed by atoms with E-state index in [2.05, 4.69) is 9.97 Å². The third kappa shape index (κ3) is 4.68. The normalized spacial score (nSPS) is 19.8. The molecule has 172 valence electrons. The number of aromatic amines is 1. The zero-order chi connectivity index (χ0) is 23.7. The average molecular weight is 475 g/mol. The number of hydrogen-bond acceptors (Lipinski definition) is 6. The summed E-state index contributed by atoms with van der Waals surface area (Å²) in [6.07, 6.45) is -0.605. The fourth-order valence-electron chi connectivity index (χ4n) is 3.84. The van der Waals surface area contributed by atoms with Crippen LogP contribution in [-0.2, 0) is 10.5 Å². The van der Waals surface area contributed by atoms with Crippen LogP contribution in [0.15, 0.2) is 28.2 Å². The summed E-state index contributed by atoms with van der Waals surface area (Å²) in [4.78, 5) is 46.0. The number of nitriles is 1. The van der Waals surface area contributed by atoms with Crippen molar-refractivity contribution in [1.82, 2.24) is 19.8 Å². The second-order valence-electron chi connectivity index (χ2n) is 7.79. The Morgan fingerprint density at radius 1 is 1.24 bits per heavy atom. The van der Waals surface area contributed by atoms with E-state index in [4.69, 9.17) is 5.11 Å². The van der Waals surface area contributed by atoms with Gasteiger partial charge in [-0.2, -0.15) is 5.26 Å². The Kier molecular flexibility index (Phi) is 6.33. The smallest absolute Gasteiger partial charge is 0.407 e. The molecule has 1 aromatic carbocycles. The number of H-pyrrole nitrogens is 1. The van der Waals surface area contributed by atoms with Crippen molar-refractivity contribution in [2.45, 2.75) is 23.2 Å². The minimum Gasteiger partial charge on any atom is -0.465 e. The van der Waals surface area contributed by atoms with Crippen LogP contribution in [0.3, 0.4) is 0 Å². The van der Waals surface area contributed by atoms with Crippen LogP contribution in [0.25, 0.3) is 0 Å². The maximum Gasteiger partial charge on any atom is 0.407 e. The minimum atomic E-state index is -1.03. The van der Waals surface area contributed by atoms with Crippen molar-refractivity contribution in [3.8, 4) is 6.07 Å². The van der Waals surface area contributed by atoms with Crippen molar-refractivity contribution in [3.63, 3.8) is 0 Å². The SMILES string of the molecule is N#Cc1c([C@@H]2C[C@H]2C(=O)N2CCN(C(=O)O)CC2)nc(SCc2cccc(F)c2F)[nH]c1=O. The monoisotopic (exact) mass is 475 g/mol. The summed E-state index contributed by atoms with van der Waals surface area (Å²) in [5, 5.41) is 18.6. The van der Waals surface area contributed by atoms with Gasteiger partial charge in [0.2, 0.25) is 5.91 Å². The molecule has 0 bridgehead atoms. The van der Waals surface area contributed by atoms with Gasteiger partial charge in [0.1, 0.15) is 11.6 Å². The molecule has 1 aromatic heterocycles. The van der Waals surface area contributed by atoms with E-state index in [0.29, 0.717) is 6.42 Å². The highest BCUT2D eigenvalue weighted by Crippen LogP contribution is 2.48. The fraction of sp³-hybridized carbons (Fsp3) is 0.381. The number of piperazine rings is 1. The lowest BCUT2D eigenvalue weighted by Gasteiger charge is -2.33. The Balaban J connectivity index is 1.48. The lowest BCUT2D eigenvalue weighted by atomic mass is 10.1. The number of carbonyl (C=O) groups is 2. The first-order chi connectivity index (χ1) is 15.8. The Morgan fingerprint density at radius 2 is 1.94 bits per heavy atom. The molecule has 1 saturated heterocycles. The second-order valence-corrected chi connectivity index (χ2v) is 8.75. The van der Waals surface area contributed by atoms with E-state index >= 15 is 0 Å². The summed E-state index contributed by atoms with van der Waals surface area (Å²) in [6.45, 7) is 1.01. The van der Waals surface area contributed by atoms with E-state index < -0.39 is 35.1 Å². The Hall–Kier alpha value is -3.46. The Morgan fingerprint density at radius 3 is 2.61 bits per heavy atom. The van der Waals surface area contributed by atoms with Gasteiger partial charge in [0.25, 0.3) is 5.56 Å². The van der Waals surface area contributed by atoms with Crippen molar-refractivity contribution in [1.29, 1.82) is 5.26 Å². The summed E-state index contributed by atoms with van der Waals surface area (Å²) in [7, 11) is 0. The molecule has 1 aliphatic heterocycles. The molecule has 0 spiro atoms. The molecular weight excluding hydrogens is 456 g/mol. The van der Waals surface area contributed by atoms with Gasteiger partial charge < -0.3 is 19.9 Å². The zero-order valence-corrected chi connectivity index (χ0v) is 18.1. The van der Waals surface area contributed by atoms with Crippen LogP contribution < -0.4 is 5.56 Å². The van der Waals surface area contributed by atoms with Gasteiger partial charge in [-0.1, -0.05) is 23.9 Å². The molecule has 12 heteroatoms. The van der Waals surface area contributed by atoms with Crippen molar-refractivity contribution in [2.24, 2.45) is 5.92 Å². The number of rotatable bonds is 5. The quantitative estimate of drug-likeness (QED) is 0.500. The maximum atomic E-state index is 13.9. The molecular formula is C21H19F2N5O4S. The number of nitrogens with zero attached hydrogens (tertiary/aromatic N) is 4. The van der Waals surface area contributed by atoms with Gasteiger partial charge in [0.15, 0.2) is 16.8 Å². The third-order valence-electron chi connectivity index (χ3n) is 5.75. The van der Waals surface area contributed by atoms with Crippen LogP contribution in [0.2, 0.25) is 0 Å². The van der Waals surface area contributed by atoms with E-state index in [0.717, 1.165) is 17.8 Å². The number of nitrogens with one attached hydrogen (secondary N) is 1. The first kappa shape index (κ1) is 22.7. The zero-order valence-electron chi connectivity index (χ0n) is 17.3. The molecule has 2 N–H and O–H groups in total. The minimum absolute atomic E-state index is 0.0127. The molecule has 2 fully saturated rings. The number of thioether (sulfide) groups is 1. The average Bonchev–Trinajstić information content (AvgIpc) is 3.60. The predicted octanol–water partition coefficient (Wildman–Crippen LogP) is 2.14. The first-order valence-corrected chi connectivity index (χ1v) is 11.2. The van der Waals surface area contributed by atoms with Crippen LogP contribution in [0.5, 0.6) is 0 Å². The first-order valence-electron chi connectivity index (χ1n) is 10.2. The number of carbonyl (C=O) groups excluding carboxylic acids is 1. The van der Waals surface area contributed by atoms with E-state index in [1.54, 1.807) is 4.90 Å². The van der Waals surface area contributed by atoms with E-state index in [1.807, 2.05) is 6.07 Å². The van der Waals surface area contributed by atoms with E-state index in [9.17, 15) is 28.4 Å². The van der Waals surface area contributed by atoms with Crippen LogP contribution >= 0.6 is 11.8 Å². The molecule has 0 radical (unpaired) electrons. The summed E-state index contributed by atoms with van der Waals surface area (Å²) in [5.41, 5.74) is -0.510. The van der Waals surface area contributed by atoms with Crippen LogP contribution in [0.4, 0.5) is 13.6 Å². The summed E-state index contributed by atoms with van der Waals surface area (Å²) >= 11 is 0.991. The fourth-order valence-corrected chi connectivity index (χ4v) is 4.69.